The number of nitrogens with zero attached hydrogens (tertiary/aromatic N) is 2. The van der Waals surface area contributed by atoms with Crippen molar-refractivity contribution < 1.29 is 4.79 Å². The third-order valence-electron chi connectivity index (χ3n) is 3.24. The highest BCUT2D eigenvalue weighted by atomic mass is 32.1. The number of hydrogen-bond donors (Lipinski definition) is 1. The van der Waals surface area contributed by atoms with Crippen molar-refractivity contribution in [3.05, 3.63) is 47.3 Å². The number of carbonyl (C=O) groups excluding carboxylic acids is 1. The molecule has 0 atom stereocenters. The van der Waals surface area contributed by atoms with E-state index >= 15 is 0 Å². The first-order valence-electron chi connectivity index (χ1n) is 7.20. The lowest BCUT2D eigenvalue weighted by Gasteiger charge is -2.12. The van der Waals surface area contributed by atoms with Gasteiger partial charge in [0.25, 0.3) is 0 Å². The minimum absolute atomic E-state index is 0.0342. The molecule has 0 unspecified atom stereocenters. The lowest BCUT2D eigenvalue weighted by Crippen LogP contribution is -2.21. The Bertz CT molecular complexity index is 632. The zero-order valence-corrected chi connectivity index (χ0v) is 13.8. The highest BCUT2D eigenvalue weighted by Crippen LogP contribution is 2.24. The van der Waals surface area contributed by atoms with Crippen molar-refractivity contribution in [3.8, 4) is 11.3 Å². The minimum Gasteiger partial charge on any atom is -0.378 e. The summed E-state index contributed by atoms with van der Waals surface area (Å²) >= 11 is 1.56. The van der Waals surface area contributed by atoms with Gasteiger partial charge in [-0.1, -0.05) is 18.2 Å². The predicted octanol–water partition coefficient (Wildman–Crippen LogP) is 3.46. The maximum Gasteiger partial charge on any atom is 0.220 e. The van der Waals surface area contributed by atoms with Gasteiger partial charge in [-0.2, -0.15) is 0 Å². The summed E-state index contributed by atoms with van der Waals surface area (Å²) in [6, 6.07) is 8.28. The third-order valence-corrected chi connectivity index (χ3v) is 4.09. The maximum atomic E-state index is 11.6. The summed E-state index contributed by atoms with van der Waals surface area (Å²) in [6.07, 6.45) is 2.93. The molecular weight excluding hydrogens is 294 g/mol. The monoisotopic (exact) mass is 315 g/mol. The Morgan fingerprint density at radius 1 is 1.36 bits per heavy atom. The SMILES string of the molecule is C=CCCC(=O)NCc1nc(-c2ccc(N(C)C)cc2)cs1. The lowest BCUT2D eigenvalue weighted by molar-refractivity contribution is -0.121. The Hall–Kier alpha value is -2.14. The van der Waals surface area contributed by atoms with E-state index in [1.54, 1.807) is 17.4 Å². The molecule has 2 aromatic rings. The van der Waals surface area contributed by atoms with Crippen LogP contribution >= 0.6 is 11.3 Å². The van der Waals surface area contributed by atoms with Crippen LogP contribution in [-0.4, -0.2) is 25.0 Å². The van der Waals surface area contributed by atoms with Gasteiger partial charge < -0.3 is 10.2 Å². The average molecular weight is 315 g/mol. The first-order valence-corrected chi connectivity index (χ1v) is 8.08. The van der Waals surface area contributed by atoms with Crippen LogP contribution in [0.4, 0.5) is 5.69 Å². The van der Waals surface area contributed by atoms with E-state index in [-0.39, 0.29) is 5.91 Å². The largest absolute Gasteiger partial charge is 0.378 e. The maximum absolute atomic E-state index is 11.6. The minimum atomic E-state index is 0.0342. The van der Waals surface area contributed by atoms with Gasteiger partial charge in [0, 0.05) is 37.1 Å². The van der Waals surface area contributed by atoms with Gasteiger partial charge in [-0.25, -0.2) is 4.98 Å². The number of nitrogens with one attached hydrogen (secondary N) is 1. The second kappa shape index (κ2) is 7.75. The zero-order valence-electron chi connectivity index (χ0n) is 13.0. The summed E-state index contributed by atoms with van der Waals surface area (Å²) < 4.78 is 0. The van der Waals surface area contributed by atoms with Gasteiger partial charge in [0.2, 0.25) is 5.91 Å². The van der Waals surface area contributed by atoms with Gasteiger partial charge in [0.05, 0.1) is 12.2 Å². The summed E-state index contributed by atoms with van der Waals surface area (Å²) in [4.78, 5) is 18.2. The normalized spacial score (nSPS) is 10.3. The number of allylic oxidation sites excluding steroid dienone is 1. The summed E-state index contributed by atoms with van der Waals surface area (Å²) in [7, 11) is 4.04. The second-order valence-corrected chi connectivity index (χ2v) is 6.11. The summed E-state index contributed by atoms with van der Waals surface area (Å²) in [5.74, 6) is 0.0342. The van der Waals surface area contributed by atoms with Crippen LogP contribution in [0.5, 0.6) is 0 Å². The number of aromatic nitrogens is 1. The van der Waals surface area contributed by atoms with E-state index in [0.29, 0.717) is 19.4 Å². The number of benzene rings is 1. The number of hydrogen-bond acceptors (Lipinski definition) is 4. The van der Waals surface area contributed by atoms with E-state index < -0.39 is 0 Å². The Morgan fingerprint density at radius 2 is 2.09 bits per heavy atom. The number of carbonyl (C=O) groups is 1. The molecule has 0 saturated heterocycles. The Kier molecular flexibility index (Phi) is 5.72. The van der Waals surface area contributed by atoms with E-state index in [0.717, 1.165) is 22.0 Å². The number of rotatable bonds is 7. The quantitative estimate of drug-likeness (QED) is 0.796. The second-order valence-electron chi connectivity index (χ2n) is 5.17. The van der Waals surface area contributed by atoms with E-state index in [9.17, 15) is 4.79 Å². The molecule has 1 N–H and O–H groups in total. The van der Waals surface area contributed by atoms with Crippen LogP contribution in [0.25, 0.3) is 11.3 Å². The molecule has 0 aliphatic rings. The molecule has 0 spiro atoms. The highest BCUT2D eigenvalue weighted by Gasteiger charge is 2.06. The first kappa shape index (κ1) is 16.2. The van der Waals surface area contributed by atoms with E-state index in [4.69, 9.17) is 0 Å². The standard InChI is InChI=1S/C17H21N3OS/c1-4-5-6-16(21)18-11-17-19-15(12-22-17)13-7-9-14(10-8-13)20(2)3/h4,7-10,12H,1,5-6,11H2,2-3H3,(H,18,21). The molecule has 116 valence electrons. The van der Waals surface area contributed by atoms with Crippen LogP contribution in [-0.2, 0) is 11.3 Å². The molecule has 22 heavy (non-hydrogen) atoms. The average Bonchev–Trinajstić information content (AvgIpc) is 3.00. The van der Waals surface area contributed by atoms with Crippen LogP contribution in [0.3, 0.4) is 0 Å². The molecule has 1 heterocycles. The molecule has 1 aromatic heterocycles. The van der Waals surface area contributed by atoms with Crippen molar-refractivity contribution in [3.63, 3.8) is 0 Å². The molecular formula is C17H21N3OS. The Morgan fingerprint density at radius 3 is 2.73 bits per heavy atom. The topological polar surface area (TPSA) is 45.2 Å². The van der Waals surface area contributed by atoms with E-state index in [1.807, 2.05) is 19.5 Å². The fourth-order valence-corrected chi connectivity index (χ4v) is 2.69. The molecule has 0 radical (unpaired) electrons. The summed E-state index contributed by atoms with van der Waals surface area (Å²) in [5, 5.41) is 5.82. The highest BCUT2D eigenvalue weighted by molar-refractivity contribution is 7.09. The van der Waals surface area contributed by atoms with Crippen molar-refractivity contribution in [2.45, 2.75) is 19.4 Å². The zero-order chi connectivity index (χ0) is 15.9. The molecule has 1 amide bonds. The van der Waals surface area contributed by atoms with E-state index in [1.165, 1.54) is 0 Å². The molecule has 1 aromatic carbocycles. The van der Waals surface area contributed by atoms with Gasteiger partial charge in [-0.05, 0) is 18.6 Å². The van der Waals surface area contributed by atoms with Crippen molar-refractivity contribution >= 4 is 22.9 Å². The Balaban J connectivity index is 1.96. The molecule has 0 saturated carbocycles. The smallest absolute Gasteiger partial charge is 0.220 e. The van der Waals surface area contributed by atoms with Crippen LogP contribution in [0.2, 0.25) is 0 Å². The van der Waals surface area contributed by atoms with E-state index in [2.05, 4.69) is 46.0 Å². The molecule has 4 nitrogen and oxygen atoms in total. The van der Waals surface area contributed by atoms with Gasteiger partial charge in [0.15, 0.2) is 0 Å². The van der Waals surface area contributed by atoms with Crippen LogP contribution in [0.1, 0.15) is 17.8 Å². The predicted molar refractivity (Wildman–Crippen MR) is 93.2 cm³/mol. The molecule has 5 heteroatoms. The number of thiazole rings is 1. The fourth-order valence-electron chi connectivity index (χ4n) is 1.95. The van der Waals surface area contributed by atoms with Crippen molar-refractivity contribution in [2.75, 3.05) is 19.0 Å². The van der Waals surface area contributed by atoms with Crippen molar-refractivity contribution in [1.29, 1.82) is 0 Å². The number of amides is 1. The van der Waals surface area contributed by atoms with Crippen molar-refractivity contribution in [2.24, 2.45) is 0 Å². The molecule has 0 bridgehead atoms. The molecule has 0 aliphatic heterocycles. The lowest BCUT2D eigenvalue weighted by atomic mass is 10.1. The Labute approximate surface area is 135 Å². The van der Waals surface area contributed by atoms with Gasteiger partial charge >= 0.3 is 0 Å². The first-order chi connectivity index (χ1) is 10.6. The molecule has 0 aliphatic carbocycles. The van der Waals surface area contributed by atoms with Gasteiger partial charge in [-0.15, -0.1) is 17.9 Å². The molecule has 2 rings (SSSR count). The van der Waals surface area contributed by atoms with Crippen LogP contribution < -0.4 is 10.2 Å². The molecule has 0 fully saturated rings. The van der Waals surface area contributed by atoms with Crippen molar-refractivity contribution in [1.82, 2.24) is 10.3 Å². The van der Waals surface area contributed by atoms with Gasteiger partial charge in [-0.3, -0.25) is 4.79 Å². The third kappa shape index (κ3) is 4.43. The summed E-state index contributed by atoms with van der Waals surface area (Å²) in [6.45, 7) is 4.09. The number of anilines is 1. The fraction of sp³-hybridized carbons (Fsp3) is 0.294. The van der Waals surface area contributed by atoms with Gasteiger partial charge in [0.1, 0.15) is 5.01 Å². The van der Waals surface area contributed by atoms with Crippen LogP contribution in [0.15, 0.2) is 42.3 Å². The van der Waals surface area contributed by atoms with Crippen LogP contribution in [0, 0.1) is 0 Å². The summed E-state index contributed by atoms with van der Waals surface area (Å²) in [5.41, 5.74) is 3.20.